The second kappa shape index (κ2) is 4.24. The number of pyridine rings is 1. The Hall–Kier alpha value is -0.660. The van der Waals surface area contributed by atoms with E-state index in [1.165, 1.54) is 23.1 Å². The molecule has 2 aromatic heterocycles. The van der Waals surface area contributed by atoms with Gasteiger partial charge in [-0.15, -0.1) is 10.2 Å². The first-order valence-corrected chi connectivity index (χ1v) is 6.09. The van der Waals surface area contributed by atoms with Crippen molar-refractivity contribution in [3.05, 3.63) is 22.2 Å². The molecule has 72 valence electrons. The topological polar surface area (TPSA) is 64.7 Å². The Morgan fingerprint density at radius 3 is 3.00 bits per heavy atom. The van der Waals surface area contributed by atoms with Gasteiger partial charge in [0, 0.05) is 10.7 Å². The van der Waals surface area contributed by atoms with Crippen LogP contribution < -0.4 is 5.73 Å². The molecule has 0 bridgehead atoms. The second-order valence-electron chi connectivity index (χ2n) is 2.35. The van der Waals surface area contributed by atoms with E-state index < -0.39 is 0 Å². The highest BCUT2D eigenvalue weighted by Crippen LogP contribution is 2.31. The van der Waals surface area contributed by atoms with Crippen LogP contribution in [-0.2, 0) is 0 Å². The van der Waals surface area contributed by atoms with E-state index in [-0.39, 0.29) is 0 Å². The van der Waals surface area contributed by atoms with Gasteiger partial charge < -0.3 is 5.73 Å². The van der Waals surface area contributed by atoms with Gasteiger partial charge in [0.25, 0.3) is 0 Å². The third-order valence-electron chi connectivity index (χ3n) is 1.37. The van der Waals surface area contributed by atoms with E-state index in [0.29, 0.717) is 5.69 Å². The van der Waals surface area contributed by atoms with Crippen LogP contribution in [0, 0.1) is 0 Å². The molecule has 2 N–H and O–H groups in total. The molecule has 0 atom stereocenters. The lowest BCUT2D eigenvalue weighted by Gasteiger charge is -2.00. The van der Waals surface area contributed by atoms with Gasteiger partial charge in [-0.3, -0.25) is 0 Å². The molecular formula is C7H5BrN4S2. The first kappa shape index (κ1) is 9.88. The molecule has 14 heavy (non-hydrogen) atoms. The van der Waals surface area contributed by atoms with Crippen molar-refractivity contribution in [3.63, 3.8) is 0 Å². The van der Waals surface area contributed by atoms with Crippen molar-refractivity contribution < 1.29 is 0 Å². The molecular weight excluding hydrogens is 284 g/mol. The average Bonchev–Trinajstić information content (AvgIpc) is 2.62. The Morgan fingerprint density at radius 2 is 2.36 bits per heavy atom. The molecule has 0 saturated carbocycles. The molecule has 4 nitrogen and oxygen atoms in total. The van der Waals surface area contributed by atoms with E-state index >= 15 is 0 Å². The van der Waals surface area contributed by atoms with Gasteiger partial charge in [-0.05, 0) is 33.8 Å². The predicted octanol–water partition coefficient (Wildman–Crippen LogP) is 2.43. The van der Waals surface area contributed by atoms with E-state index in [2.05, 4.69) is 31.1 Å². The molecule has 0 fully saturated rings. The summed E-state index contributed by atoms with van der Waals surface area (Å²) in [4.78, 5) is 4.18. The van der Waals surface area contributed by atoms with E-state index in [0.717, 1.165) is 13.8 Å². The van der Waals surface area contributed by atoms with Gasteiger partial charge in [0.05, 0.1) is 5.69 Å². The lowest BCUT2D eigenvalue weighted by molar-refractivity contribution is 1.01. The molecule has 2 heterocycles. The first-order valence-electron chi connectivity index (χ1n) is 3.61. The Morgan fingerprint density at radius 1 is 1.50 bits per heavy atom. The number of rotatable bonds is 2. The molecule has 0 spiro atoms. The summed E-state index contributed by atoms with van der Waals surface area (Å²) in [6, 6.07) is 1.82. The molecule has 0 unspecified atom stereocenters. The SMILES string of the molecule is Nc1cc(Br)cnc1Sc1nncs1. The van der Waals surface area contributed by atoms with Crippen molar-refractivity contribution in [2.45, 2.75) is 9.37 Å². The van der Waals surface area contributed by atoms with Crippen LogP contribution in [0.3, 0.4) is 0 Å². The van der Waals surface area contributed by atoms with Crippen LogP contribution in [0.15, 0.2) is 31.6 Å². The Bertz CT molecular complexity index is 431. The van der Waals surface area contributed by atoms with Crippen LogP contribution in [0.4, 0.5) is 5.69 Å². The first-order chi connectivity index (χ1) is 6.75. The summed E-state index contributed by atoms with van der Waals surface area (Å²) in [5.74, 6) is 0. The molecule has 0 aliphatic carbocycles. The van der Waals surface area contributed by atoms with Crippen LogP contribution in [0.25, 0.3) is 0 Å². The summed E-state index contributed by atoms with van der Waals surface area (Å²) < 4.78 is 1.71. The fraction of sp³-hybridized carbons (Fsp3) is 0. The molecule has 0 amide bonds. The van der Waals surface area contributed by atoms with Gasteiger partial charge in [0.1, 0.15) is 10.5 Å². The molecule has 0 aliphatic heterocycles. The average molecular weight is 289 g/mol. The number of anilines is 1. The third-order valence-corrected chi connectivity index (χ3v) is 3.62. The number of hydrogen-bond acceptors (Lipinski definition) is 6. The van der Waals surface area contributed by atoms with Crippen LogP contribution >= 0.6 is 39.0 Å². The Balaban J connectivity index is 2.25. The van der Waals surface area contributed by atoms with E-state index in [9.17, 15) is 0 Å². The number of nitrogens with zero attached hydrogens (tertiary/aromatic N) is 3. The third kappa shape index (κ3) is 2.23. The van der Waals surface area contributed by atoms with E-state index in [4.69, 9.17) is 5.73 Å². The molecule has 0 radical (unpaired) electrons. The fourth-order valence-electron chi connectivity index (χ4n) is 0.818. The molecule has 0 saturated heterocycles. The van der Waals surface area contributed by atoms with Gasteiger partial charge in [-0.25, -0.2) is 4.98 Å². The standard InChI is InChI=1S/C7H5BrN4S2/c8-4-1-5(9)6(10-2-4)14-7-12-11-3-13-7/h1-3H,9H2. The van der Waals surface area contributed by atoms with Gasteiger partial charge in [0.2, 0.25) is 0 Å². The summed E-state index contributed by atoms with van der Waals surface area (Å²) in [6.45, 7) is 0. The quantitative estimate of drug-likeness (QED) is 0.919. The normalized spacial score (nSPS) is 10.4. The summed E-state index contributed by atoms with van der Waals surface area (Å²) >= 11 is 6.18. The van der Waals surface area contributed by atoms with Crippen molar-refractivity contribution in [1.82, 2.24) is 15.2 Å². The number of halogens is 1. The van der Waals surface area contributed by atoms with Gasteiger partial charge in [0.15, 0.2) is 4.34 Å². The minimum Gasteiger partial charge on any atom is -0.396 e. The number of hydrogen-bond donors (Lipinski definition) is 1. The van der Waals surface area contributed by atoms with Crippen molar-refractivity contribution in [2.24, 2.45) is 0 Å². The predicted molar refractivity (Wildman–Crippen MR) is 60.4 cm³/mol. The van der Waals surface area contributed by atoms with E-state index in [1.54, 1.807) is 11.7 Å². The summed E-state index contributed by atoms with van der Waals surface area (Å²) in [5.41, 5.74) is 8.10. The highest BCUT2D eigenvalue weighted by atomic mass is 79.9. The Kier molecular flexibility index (Phi) is 2.99. The van der Waals surface area contributed by atoms with Crippen molar-refractivity contribution in [2.75, 3.05) is 5.73 Å². The smallest absolute Gasteiger partial charge is 0.180 e. The molecule has 2 rings (SSSR count). The monoisotopic (exact) mass is 288 g/mol. The zero-order chi connectivity index (χ0) is 9.97. The largest absolute Gasteiger partial charge is 0.396 e. The zero-order valence-electron chi connectivity index (χ0n) is 6.85. The lowest BCUT2D eigenvalue weighted by Crippen LogP contribution is -1.91. The Labute approximate surface area is 97.1 Å². The van der Waals surface area contributed by atoms with Crippen molar-refractivity contribution in [3.8, 4) is 0 Å². The zero-order valence-corrected chi connectivity index (χ0v) is 10.1. The summed E-state index contributed by atoms with van der Waals surface area (Å²) in [5, 5.41) is 8.39. The minimum atomic E-state index is 0.638. The maximum Gasteiger partial charge on any atom is 0.180 e. The van der Waals surface area contributed by atoms with Crippen molar-refractivity contribution in [1.29, 1.82) is 0 Å². The molecule has 0 aliphatic rings. The van der Waals surface area contributed by atoms with Gasteiger partial charge in [-0.1, -0.05) is 11.3 Å². The van der Waals surface area contributed by atoms with Crippen LogP contribution in [-0.4, -0.2) is 15.2 Å². The second-order valence-corrected chi connectivity index (χ2v) is 5.34. The van der Waals surface area contributed by atoms with Crippen LogP contribution in [0.1, 0.15) is 0 Å². The maximum atomic E-state index is 5.78. The molecule has 2 aromatic rings. The lowest BCUT2D eigenvalue weighted by atomic mass is 10.4. The highest BCUT2D eigenvalue weighted by Gasteiger charge is 2.06. The maximum absolute atomic E-state index is 5.78. The van der Waals surface area contributed by atoms with Crippen LogP contribution in [0.5, 0.6) is 0 Å². The fourth-order valence-corrected chi connectivity index (χ4v) is 2.54. The van der Waals surface area contributed by atoms with Crippen LogP contribution in [0.2, 0.25) is 0 Å². The van der Waals surface area contributed by atoms with Gasteiger partial charge in [-0.2, -0.15) is 0 Å². The number of aromatic nitrogens is 3. The minimum absolute atomic E-state index is 0.638. The molecule has 7 heteroatoms. The van der Waals surface area contributed by atoms with Gasteiger partial charge >= 0.3 is 0 Å². The van der Waals surface area contributed by atoms with E-state index in [1.807, 2.05) is 6.07 Å². The van der Waals surface area contributed by atoms with Crippen molar-refractivity contribution >= 4 is 44.7 Å². The summed E-state index contributed by atoms with van der Waals surface area (Å²) in [7, 11) is 0. The summed E-state index contributed by atoms with van der Waals surface area (Å²) in [6.07, 6.45) is 1.71. The molecule has 0 aromatic carbocycles. The highest BCUT2D eigenvalue weighted by molar-refractivity contribution is 9.10. The number of nitrogens with two attached hydrogens (primary N) is 1. The number of nitrogen functional groups attached to an aromatic ring is 1.